The number of phosphoric acid groups is 1. The second-order valence-corrected chi connectivity index (χ2v) is 11.1. The Kier molecular flexibility index (Phi) is 12.8. The molecule has 1 saturated heterocycles. The highest BCUT2D eigenvalue weighted by atomic mass is 31.2. The van der Waals surface area contributed by atoms with Crippen molar-refractivity contribution in [3.05, 3.63) is 71.8 Å². The Balaban J connectivity index is 1.90. The van der Waals surface area contributed by atoms with Gasteiger partial charge in [0.05, 0.1) is 33.4 Å². The van der Waals surface area contributed by atoms with E-state index in [4.69, 9.17) is 37.3 Å². The Morgan fingerprint density at radius 3 is 1.56 bits per heavy atom. The molecule has 2 aromatic carbocycles. The largest absolute Gasteiger partial charge is 0.475 e. The third-order valence-corrected chi connectivity index (χ3v) is 7.45. The van der Waals surface area contributed by atoms with Crippen molar-refractivity contribution in [2.24, 2.45) is 0 Å². The molecule has 0 bridgehead atoms. The summed E-state index contributed by atoms with van der Waals surface area (Å²) >= 11 is 0. The fourth-order valence-corrected chi connectivity index (χ4v) is 5.43. The third-order valence-electron chi connectivity index (χ3n) is 6.09. The molecule has 3 rings (SSSR count). The summed E-state index contributed by atoms with van der Waals surface area (Å²) in [5.41, 5.74) is 1.39. The lowest BCUT2D eigenvalue weighted by molar-refractivity contribution is -0.251. The lowest BCUT2D eigenvalue weighted by Crippen LogP contribution is -2.62. The van der Waals surface area contributed by atoms with Crippen molar-refractivity contribution in [3.8, 4) is 0 Å². The van der Waals surface area contributed by atoms with Crippen LogP contribution in [-0.2, 0) is 74.2 Å². The summed E-state index contributed by atoms with van der Waals surface area (Å²) in [5, 5.41) is 0. The second kappa shape index (κ2) is 16.3. The van der Waals surface area contributed by atoms with Crippen molar-refractivity contribution in [1.29, 1.82) is 0 Å². The van der Waals surface area contributed by atoms with Crippen LogP contribution >= 0.6 is 7.82 Å². The Morgan fingerprint density at radius 1 is 0.674 bits per heavy atom. The van der Waals surface area contributed by atoms with Gasteiger partial charge in [-0.05, 0) is 11.1 Å². The van der Waals surface area contributed by atoms with Crippen LogP contribution in [-0.4, -0.2) is 68.1 Å². The maximum atomic E-state index is 13.8. The first-order valence-corrected chi connectivity index (χ1v) is 14.8. The monoisotopic (exact) mass is 622 g/mol. The van der Waals surface area contributed by atoms with Gasteiger partial charge in [0.2, 0.25) is 0 Å². The van der Waals surface area contributed by atoms with Crippen molar-refractivity contribution < 1.29 is 61.0 Å². The minimum absolute atomic E-state index is 0.124. The van der Waals surface area contributed by atoms with Crippen molar-refractivity contribution in [2.75, 3.05) is 13.7 Å². The zero-order chi connectivity index (χ0) is 31.4. The van der Waals surface area contributed by atoms with Gasteiger partial charge in [-0.15, -0.1) is 0 Å². The number of carbonyl (C=O) groups excluding carboxylic acids is 4. The number of hydrogen-bond donors (Lipinski definition) is 0. The van der Waals surface area contributed by atoms with Crippen LogP contribution in [0.5, 0.6) is 0 Å². The van der Waals surface area contributed by atoms with Crippen LogP contribution in [0, 0.1) is 0 Å². The molecule has 13 nitrogen and oxygen atoms in total. The fourth-order valence-electron chi connectivity index (χ4n) is 4.26. The molecule has 0 aromatic heterocycles. The standard InChI is InChI=1S/C29H35O13P/c1-19(30)39-27-24(15-26(33)35-4)42-25(28(40-20(2)31)29(27)41-21(3)32)18-38-43(34,36-16-22-11-7-5-8-12-22)37-17-23-13-9-6-10-14-23/h5-14,24-25,27-29H,15-18H2,1-4H3/t24-,25?,27?,28-,29-/m1/s1. The Labute approximate surface area is 249 Å². The quantitative estimate of drug-likeness (QED) is 0.171. The van der Waals surface area contributed by atoms with E-state index < -0.39 is 75.2 Å². The summed E-state index contributed by atoms with van der Waals surface area (Å²) in [4.78, 5) is 48.3. The van der Waals surface area contributed by atoms with Gasteiger partial charge in [-0.25, -0.2) is 4.57 Å². The number of ether oxygens (including phenoxy) is 5. The number of methoxy groups -OCH3 is 1. The average molecular weight is 623 g/mol. The summed E-state index contributed by atoms with van der Waals surface area (Å²) < 4.78 is 57.8. The topological polar surface area (TPSA) is 159 Å². The number of benzene rings is 2. The Hall–Kier alpha value is -3.61. The summed E-state index contributed by atoms with van der Waals surface area (Å²) in [6, 6.07) is 17.8. The molecular weight excluding hydrogens is 587 g/mol. The van der Waals surface area contributed by atoms with Gasteiger partial charge in [0.1, 0.15) is 12.2 Å². The third kappa shape index (κ3) is 10.9. The van der Waals surface area contributed by atoms with E-state index in [9.17, 15) is 23.7 Å². The molecule has 0 radical (unpaired) electrons. The lowest BCUT2D eigenvalue weighted by Gasteiger charge is -2.44. The summed E-state index contributed by atoms with van der Waals surface area (Å²) in [6.45, 7) is 2.51. The SMILES string of the molecule is COC(=O)C[C@H]1OC(COP(=O)(OCc2ccccc2)OCc2ccccc2)[C@@H](OC(C)=O)[C@H](OC(C)=O)C1OC(C)=O. The highest BCUT2D eigenvalue weighted by Gasteiger charge is 2.53. The van der Waals surface area contributed by atoms with E-state index in [1.807, 2.05) is 12.1 Å². The second-order valence-electron chi connectivity index (χ2n) is 9.48. The molecule has 1 aliphatic heterocycles. The van der Waals surface area contributed by atoms with E-state index in [2.05, 4.69) is 0 Å². The van der Waals surface area contributed by atoms with Gasteiger partial charge in [-0.1, -0.05) is 60.7 Å². The molecule has 234 valence electrons. The Bertz CT molecular complexity index is 1220. The van der Waals surface area contributed by atoms with Crippen molar-refractivity contribution >= 4 is 31.7 Å². The van der Waals surface area contributed by atoms with Gasteiger partial charge < -0.3 is 23.7 Å². The molecule has 5 atom stereocenters. The van der Waals surface area contributed by atoms with E-state index in [1.54, 1.807) is 48.5 Å². The average Bonchev–Trinajstić information content (AvgIpc) is 2.97. The van der Waals surface area contributed by atoms with Gasteiger partial charge in [-0.2, -0.15) is 0 Å². The minimum Gasteiger partial charge on any atom is -0.469 e. The summed E-state index contributed by atoms with van der Waals surface area (Å²) in [7, 11) is -3.17. The smallest absolute Gasteiger partial charge is 0.469 e. The minimum atomic E-state index is -4.32. The van der Waals surface area contributed by atoms with Gasteiger partial charge >= 0.3 is 31.7 Å². The molecule has 0 N–H and O–H groups in total. The van der Waals surface area contributed by atoms with Crippen LogP contribution < -0.4 is 0 Å². The van der Waals surface area contributed by atoms with Crippen LogP contribution in [0.4, 0.5) is 0 Å². The zero-order valence-electron chi connectivity index (χ0n) is 24.2. The number of carbonyl (C=O) groups is 4. The van der Waals surface area contributed by atoms with Crippen LogP contribution in [0.2, 0.25) is 0 Å². The van der Waals surface area contributed by atoms with Gasteiger partial charge in [0.15, 0.2) is 18.3 Å². The maximum absolute atomic E-state index is 13.8. The van der Waals surface area contributed by atoms with Crippen LogP contribution in [0.1, 0.15) is 38.3 Å². The molecule has 1 fully saturated rings. The van der Waals surface area contributed by atoms with Crippen molar-refractivity contribution in [3.63, 3.8) is 0 Å². The molecule has 0 amide bonds. The fraction of sp³-hybridized carbons (Fsp3) is 0.448. The summed E-state index contributed by atoms with van der Waals surface area (Å²) in [6.07, 6.45) is -7.13. The molecule has 1 aliphatic rings. The first-order chi connectivity index (χ1) is 20.5. The molecule has 14 heteroatoms. The normalized spacial score (nSPS) is 21.8. The molecule has 1 heterocycles. The number of rotatable bonds is 14. The van der Waals surface area contributed by atoms with E-state index in [1.165, 1.54) is 0 Å². The molecule has 0 saturated carbocycles. The maximum Gasteiger partial charge on any atom is 0.475 e. The molecule has 2 unspecified atom stereocenters. The van der Waals surface area contributed by atoms with E-state index >= 15 is 0 Å². The van der Waals surface area contributed by atoms with Crippen LogP contribution in [0.25, 0.3) is 0 Å². The predicted molar refractivity (Wildman–Crippen MR) is 148 cm³/mol. The zero-order valence-corrected chi connectivity index (χ0v) is 25.1. The number of hydrogen-bond acceptors (Lipinski definition) is 13. The van der Waals surface area contributed by atoms with Crippen LogP contribution in [0.15, 0.2) is 60.7 Å². The van der Waals surface area contributed by atoms with E-state index in [-0.39, 0.29) is 13.2 Å². The van der Waals surface area contributed by atoms with E-state index in [0.717, 1.165) is 27.9 Å². The van der Waals surface area contributed by atoms with Gasteiger partial charge in [0.25, 0.3) is 0 Å². The number of phosphoric ester groups is 1. The van der Waals surface area contributed by atoms with Crippen molar-refractivity contribution in [1.82, 2.24) is 0 Å². The molecular formula is C29H35O13P. The highest BCUT2D eigenvalue weighted by Crippen LogP contribution is 2.51. The van der Waals surface area contributed by atoms with Crippen LogP contribution in [0.3, 0.4) is 0 Å². The number of esters is 4. The first kappa shape index (κ1) is 33.9. The molecule has 0 aliphatic carbocycles. The Morgan fingerprint density at radius 2 is 1.12 bits per heavy atom. The van der Waals surface area contributed by atoms with Gasteiger partial charge in [-0.3, -0.25) is 32.7 Å². The van der Waals surface area contributed by atoms with E-state index in [0.29, 0.717) is 11.1 Å². The molecule has 43 heavy (non-hydrogen) atoms. The predicted octanol–water partition coefficient (Wildman–Crippen LogP) is 3.67. The molecule has 0 spiro atoms. The van der Waals surface area contributed by atoms with Crippen molar-refractivity contribution in [2.45, 2.75) is 70.9 Å². The highest BCUT2D eigenvalue weighted by molar-refractivity contribution is 7.48. The first-order valence-electron chi connectivity index (χ1n) is 13.3. The molecule has 2 aromatic rings. The summed E-state index contributed by atoms with van der Waals surface area (Å²) in [5.74, 6) is -3.07. The lowest BCUT2D eigenvalue weighted by atomic mass is 9.92. The van der Waals surface area contributed by atoms with Gasteiger partial charge in [0, 0.05) is 20.8 Å².